The zero-order chi connectivity index (χ0) is 14.8. The lowest BCUT2D eigenvalue weighted by Gasteiger charge is -2.31. The van der Waals surface area contributed by atoms with Crippen molar-refractivity contribution in [3.63, 3.8) is 0 Å². The number of aromatic hydroxyl groups is 2. The average Bonchev–Trinajstić information content (AvgIpc) is 2.69. The molecule has 2 aromatic rings. The highest BCUT2D eigenvalue weighted by molar-refractivity contribution is 5.61. The lowest BCUT2D eigenvalue weighted by molar-refractivity contribution is 0.322. The Morgan fingerprint density at radius 3 is 2.52 bits per heavy atom. The predicted octanol–water partition coefficient (Wildman–Crippen LogP) is 3.45. The minimum Gasteiger partial charge on any atom is -0.507 e. The minimum atomic E-state index is -0.144. The summed E-state index contributed by atoms with van der Waals surface area (Å²) in [6, 6.07) is 12.6. The van der Waals surface area contributed by atoms with Gasteiger partial charge in [0.2, 0.25) is 0 Å². The Kier molecular flexibility index (Phi) is 3.60. The van der Waals surface area contributed by atoms with Gasteiger partial charge in [-0.25, -0.2) is 0 Å². The fourth-order valence-electron chi connectivity index (χ4n) is 2.88. The number of anilines is 1. The third-order valence-electron chi connectivity index (χ3n) is 3.92. The van der Waals surface area contributed by atoms with Crippen molar-refractivity contribution < 1.29 is 14.9 Å². The van der Waals surface area contributed by atoms with Gasteiger partial charge in [0.1, 0.15) is 17.2 Å². The molecule has 1 unspecified atom stereocenters. The summed E-state index contributed by atoms with van der Waals surface area (Å²) in [4.78, 5) is 2.16. The second kappa shape index (κ2) is 5.56. The Morgan fingerprint density at radius 2 is 1.76 bits per heavy atom. The van der Waals surface area contributed by atoms with E-state index in [-0.39, 0.29) is 17.5 Å². The topological polar surface area (TPSA) is 52.9 Å². The van der Waals surface area contributed by atoms with Crippen LogP contribution in [0, 0.1) is 0 Å². The van der Waals surface area contributed by atoms with E-state index >= 15 is 0 Å². The van der Waals surface area contributed by atoms with E-state index in [9.17, 15) is 10.2 Å². The highest BCUT2D eigenvalue weighted by atomic mass is 16.5. The van der Waals surface area contributed by atoms with Gasteiger partial charge in [0.15, 0.2) is 0 Å². The smallest absolute Gasteiger partial charge is 0.142 e. The van der Waals surface area contributed by atoms with E-state index < -0.39 is 0 Å². The molecule has 1 atom stereocenters. The number of hydrogen-bond donors (Lipinski definition) is 2. The van der Waals surface area contributed by atoms with E-state index in [0.29, 0.717) is 12.2 Å². The molecule has 0 aliphatic carbocycles. The minimum absolute atomic E-state index is 0.116. The number of rotatable bonds is 2. The standard InChI is InChI=1S/C17H19NO3/c1-12(17-14(19)7-4-8-15(17)20)18-10-5-11-21-16-9-3-2-6-13(16)18/h2-4,6-9,12,19-20H,5,10-11H2,1H3. The van der Waals surface area contributed by atoms with E-state index in [0.717, 1.165) is 24.4 Å². The molecule has 0 spiro atoms. The molecule has 0 saturated carbocycles. The van der Waals surface area contributed by atoms with Gasteiger partial charge in [-0.2, -0.15) is 0 Å². The van der Waals surface area contributed by atoms with E-state index in [1.54, 1.807) is 18.2 Å². The highest BCUT2D eigenvalue weighted by Crippen LogP contribution is 2.41. The Balaban J connectivity index is 2.03. The SMILES string of the molecule is CC(c1c(O)cccc1O)N1CCCOc2ccccc21. The maximum absolute atomic E-state index is 10.1. The molecule has 110 valence electrons. The fourth-order valence-corrected chi connectivity index (χ4v) is 2.88. The van der Waals surface area contributed by atoms with Crippen molar-refractivity contribution in [2.24, 2.45) is 0 Å². The maximum Gasteiger partial charge on any atom is 0.142 e. The number of para-hydroxylation sites is 2. The summed E-state index contributed by atoms with van der Waals surface area (Å²) >= 11 is 0. The maximum atomic E-state index is 10.1. The Hall–Kier alpha value is -2.36. The van der Waals surface area contributed by atoms with Crippen LogP contribution < -0.4 is 9.64 Å². The number of nitrogens with zero attached hydrogens (tertiary/aromatic N) is 1. The third kappa shape index (κ3) is 2.49. The summed E-state index contributed by atoms with van der Waals surface area (Å²) in [5, 5.41) is 20.2. The van der Waals surface area contributed by atoms with E-state index in [4.69, 9.17) is 4.74 Å². The van der Waals surface area contributed by atoms with Crippen molar-refractivity contribution in [1.82, 2.24) is 0 Å². The van der Waals surface area contributed by atoms with Crippen LogP contribution >= 0.6 is 0 Å². The summed E-state index contributed by atoms with van der Waals surface area (Å²) in [5.41, 5.74) is 1.54. The number of fused-ring (bicyclic) bond motifs is 1. The van der Waals surface area contributed by atoms with Gasteiger partial charge in [0.25, 0.3) is 0 Å². The third-order valence-corrected chi connectivity index (χ3v) is 3.92. The van der Waals surface area contributed by atoms with Gasteiger partial charge in [0, 0.05) is 6.54 Å². The molecular weight excluding hydrogens is 266 g/mol. The normalized spacial score (nSPS) is 15.8. The molecule has 4 nitrogen and oxygen atoms in total. The van der Waals surface area contributed by atoms with E-state index in [1.165, 1.54) is 0 Å². The molecule has 3 rings (SSSR count). The molecule has 0 radical (unpaired) electrons. The number of phenolic OH excluding ortho intramolecular Hbond substituents is 2. The van der Waals surface area contributed by atoms with Crippen molar-refractivity contribution in [2.45, 2.75) is 19.4 Å². The molecule has 2 N–H and O–H groups in total. The predicted molar refractivity (Wildman–Crippen MR) is 82.1 cm³/mol. The van der Waals surface area contributed by atoms with E-state index in [2.05, 4.69) is 4.90 Å². The fraction of sp³-hybridized carbons (Fsp3) is 0.294. The first kappa shape index (κ1) is 13.6. The molecule has 0 aromatic heterocycles. The van der Waals surface area contributed by atoms with Crippen LogP contribution in [-0.4, -0.2) is 23.4 Å². The summed E-state index contributed by atoms with van der Waals surface area (Å²) in [6.07, 6.45) is 0.896. The molecule has 1 heterocycles. The Labute approximate surface area is 124 Å². The molecule has 0 fully saturated rings. The molecular formula is C17H19NO3. The summed E-state index contributed by atoms with van der Waals surface area (Å²) in [7, 11) is 0. The molecule has 2 aromatic carbocycles. The zero-order valence-corrected chi connectivity index (χ0v) is 12.0. The van der Waals surface area contributed by atoms with Gasteiger partial charge in [0.05, 0.1) is 23.9 Å². The lowest BCUT2D eigenvalue weighted by Crippen LogP contribution is -2.27. The molecule has 21 heavy (non-hydrogen) atoms. The van der Waals surface area contributed by atoms with Crippen LogP contribution in [0.25, 0.3) is 0 Å². The molecule has 1 aliphatic heterocycles. The number of ether oxygens (including phenoxy) is 1. The monoisotopic (exact) mass is 285 g/mol. The Morgan fingerprint density at radius 1 is 1.05 bits per heavy atom. The highest BCUT2D eigenvalue weighted by Gasteiger charge is 2.25. The van der Waals surface area contributed by atoms with Crippen molar-refractivity contribution in [3.05, 3.63) is 48.0 Å². The average molecular weight is 285 g/mol. The zero-order valence-electron chi connectivity index (χ0n) is 12.0. The first-order valence-corrected chi connectivity index (χ1v) is 7.18. The molecule has 0 amide bonds. The van der Waals surface area contributed by atoms with Crippen molar-refractivity contribution >= 4 is 5.69 Å². The van der Waals surface area contributed by atoms with Gasteiger partial charge >= 0.3 is 0 Å². The summed E-state index contributed by atoms with van der Waals surface area (Å²) < 4.78 is 5.76. The molecule has 4 heteroatoms. The molecule has 0 bridgehead atoms. The number of phenols is 2. The van der Waals surface area contributed by atoms with Gasteiger partial charge in [-0.15, -0.1) is 0 Å². The van der Waals surface area contributed by atoms with Crippen LogP contribution in [0.4, 0.5) is 5.69 Å². The van der Waals surface area contributed by atoms with Gasteiger partial charge < -0.3 is 19.8 Å². The van der Waals surface area contributed by atoms with Crippen LogP contribution in [0.2, 0.25) is 0 Å². The molecule has 1 aliphatic rings. The van der Waals surface area contributed by atoms with Crippen LogP contribution in [0.15, 0.2) is 42.5 Å². The number of hydrogen-bond acceptors (Lipinski definition) is 4. The quantitative estimate of drug-likeness (QED) is 0.887. The van der Waals surface area contributed by atoms with Crippen LogP contribution in [0.1, 0.15) is 24.9 Å². The van der Waals surface area contributed by atoms with E-state index in [1.807, 2.05) is 31.2 Å². The van der Waals surface area contributed by atoms with Gasteiger partial charge in [-0.3, -0.25) is 0 Å². The summed E-state index contributed by atoms with van der Waals surface area (Å²) in [6.45, 7) is 3.47. The second-order valence-corrected chi connectivity index (χ2v) is 5.25. The van der Waals surface area contributed by atoms with Crippen molar-refractivity contribution in [3.8, 4) is 17.2 Å². The van der Waals surface area contributed by atoms with Crippen molar-refractivity contribution in [2.75, 3.05) is 18.1 Å². The Bertz CT molecular complexity index is 621. The van der Waals surface area contributed by atoms with Crippen LogP contribution in [0.3, 0.4) is 0 Å². The number of benzene rings is 2. The van der Waals surface area contributed by atoms with Crippen LogP contribution in [0.5, 0.6) is 17.2 Å². The second-order valence-electron chi connectivity index (χ2n) is 5.25. The first-order valence-electron chi connectivity index (χ1n) is 7.18. The lowest BCUT2D eigenvalue weighted by atomic mass is 10.0. The van der Waals surface area contributed by atoms with Crippen LogP contribution in [-0.2, 0) is 0 Å². The largest absolute Gasteiger partial charge is 0.507 e. The first-order chi connectivity index (χ1) is 10.2. The van der Waals surface area contributed by atoms with Gasteiger partial charge in [-0.1, -0.05) is 18.2 Å². The summed E-state index contributed by atoms with van der Waals surface area (Å²) in [5.74, 6) is 1.08. The van der Waals surface area contributed by atoms with Crippen molar-refractivity contribution in [1.29, 1.82) is 0 Å². The molecule has 0 saturated heterocycles. The van der Waals surface area contributed by atoms with Gasteiger partial charge in [-0.05, 0) is 37.6 Å².